The Hall–Kier alpha value is -1.62. The van der Waals surface area contributed by atoms with E-state index in [1.807, 2.05) is 0 Å². The number of carbonyl (C=O) groups excluding carboxylic acids is 1. The van der Waals surface area contributed by atoms with Crippen LogP contribution in [0.2, 0.25) is 5.02 Å². The van der Waals surface area contributed by atoms with Crippen LogP contribution in [0.3, 0.4) is 0 Å². The lowest BCUT2D eigenvalue weighted by Gasteiger charge is -2.07. The average molecular weight is 256 g/mol. The second-order valence-electron chi connectivity index (χ2n) is 3.98. The predicted octanol–water partition coefficient (Wildman–Crippen LogP) is 2.02. The summed E-state index contributed by atoms with van der Waals surface area (Å²) in [5.74, 6) is -1.22. The summed E-state index contributed by atoms with van der Waals surface area (Å²) in [6.45, 7) is 0. The fourth-order valence-corrected chi connectivity index (χ4v) is 2.15. The number of carbonyl (C=O) groups is 1. The van der Waals surface area contributed by atoms with Gasteiger partial charge in [0.25, 0.3) is 0 Å². The fraction of sp³-hybridized carbons (Fsp3) is 0.364. The molecule has 0 N–H and O–H groups in total. The van der Waals surface area contributed by atoms with E-state index in [0.29, 0.717) is 5.02 Å². The van der Waals surface area contributed by atoms with Crippen LogP contribution in [0.15, 0.2) is 24.3 Å². The van der Waals surface area contributed by atoms with E-state index in [0.717, 1.165) is 12.7 Å². The van der Waals surface area contributed by atoms with Gasteiger partial charge in [-0.25, -0.2) is 4.79 Å². The summed E-state index contributed by atoms with van der Waals surface area (Å²) in [4.78, 5) is 22.0. The van der Waals surface area contributed by atoms with Gasteiger partial charge in [0.1, 0.15) is 0 Å². The van der Waals surface area contributed by atoms with Crippen LogP contribution in [0.1, 0.15) is 17.9 Å². The molecule has 1 aromatic carbocycles. The Balaban J connectivity index is 2.29. The van der Waals surface area contributed by atoms with Crippen molar-refractivity contribution in [2.45, 2.75) is 17.9 Å². The van der Waals surface area contributed by atoms with Gasteiger partial charge in [0.05, 0.1) is 13.0 Å². The number of nitrogens with zero attached hydrogens (tertiary/aromatic N) is 1. The Morgan fingerprint density at radius 1 is 1.53 bits per heavy atom. The van der Waals surface area contributed by atoms with E-state index in [4.69, 9.17) is 11.6 Å². The molecule has 6 heteroatoms. The summed E-state index contributed by atoms with van der Waals surface area (Å²) in [6.07, 6.45) is 0.175. The first-order chi connectivity index (χ1) is 8.02. The molecule has 0 spiro atoms. The molecule has 0 aromatic heterocycles. The predicted molar refractivity (Wildman–Crippen MR) is 60.6 cm³/mol. The summed E-state index contributed by atoms with van der Waals surface area (Å²) in [7, 11) is 1.16. The van der Waals surface area contributed by atoms with Crippen molar-refractivity contribution in [1.82, 2.24) is 0 Å². The SMILES string of the molecule is COC(=O)[C@@]1([N+](=O)[O-])C[C@H]1c1ccc(Cl)cc1. The normalized spacial score (nSPS) is 26.4. The van der Waals surface area contributed by atoms with E-state index in [1.165, 1.54) is 0 Å². The molecule has 5 nitrogen and oxygen atoms in total. The lowest BCUT2D eigenvalue weighted by atomic mass is 10.1. The van der Waals surface area contributed by atoms with E-state index in [9.17, 15) is 14.9 Å². The highest BCUT2D eigenvalue weighted by Gasteiger charge is 2.73. The summed E-state index contributed by atoms with van der Waals surface area (Å²) >= 11 is 5.73. The monoisotopic (exact) mass is 255 g/mol. The van der Waals surface area contributed by atoms with Crippen LogP contribution in [-0.2, 0) is 9.53 Å². The zero-order valence-electron chi connectivity index (χ0n) is 9.05. The Labute approximate surface area is 102 Å². The molecule has 1 saturated carbocycles. The zero-order chi connectivity index (χ0) is 12.6. The maximum Gasteiger partial charge on any atom is 0.385 e. The van der Waals surface area contributed by atoms with Crippen molar-refractivity contribution >= 4 is 17.6 Å². The number of hydrogen-bond acceptors (Lipinski definition) is 4. The number of halogens is 1. The molecule has 1 aromatic rings. The molecule has 0 amide bonds. The van der Waals surface area contributed by atoms with Crippen molar-refractivity contribution in [1.29, 1.82) is 0 Å². The van der Waals surface area contributed by atoms with Gasteiger partial charge >= 0.3 is 11.5 Å². The average Bonchev–Trinajstić information content (AvgIpc) is 3.05. The first-order valence-electron chi connectivity index (χ1n) is 5.00. The van der Waals surface area contributed by atoms with Crippen LogP contribution in [0.4, 0.5) is 0 Å². The van der Waals surface area contributed by atoms with Crippen molar-refractivity contribution in [2.24, 2.45) is 0 Å². The number of methoxy groups -OCH3 is 1. The van der Waals surface area contributed by atoms with Gasteiger partial charge in [-0.05, 0) is 17.7 Å². The highest BCUT2D eigenvalue weighted by molar-refractivity contribution is 6.30. The van der Waals surface area contributed by atoms with Crippen molar-refractivity contribution in [3.8, 4) is 0 Å². The Morgan fingerprint density at radius 3 is 2.59 bits per heavy atom. The number of benzene rings is 1. The minimum atomic E-state index is -1.61. The lowest BCUT2D eigenvalue weighted by Crippen LogP contribution is -2.34. The van der Waals surface area contributed by atoms with E-state index >= 15 is 0 Å². The van der Waals surface area contributed by atoms with Crippen LogP contribution in [0.5, 0.6) is 0 Å². The molecule has 2 atom stereocenters. The largest absolute Gasteiger partial charge is 0.464 e. The highest BCUT2D eigenvalue weighted by Crippen LogP contribution is 2.54. The minimum Gasteiger partial charge on any atom is -0.464 e. The van der Waals surface area contributed by atoms with E-state index in [1.54, 1.807) is 24.3 Å². The second-order valence-corrected chi connectivity index (χ2v) is 4.42. The van der Waals surface area contributed by atoms with Crippen LogP contribution >= 0.6 is 11.6 Å². The molecule has 0 unspecified atom stereocenters. The summed E-state index contributed by atoms with van der Waals surface area (Å²) in [6, 6.07) is 6.69. The molecule has 17 heavy (non-hydrogen) atoms. The standard InChI is InChI=1S/C11H10ClNO4/c1-17-10(14)11(13(15)16)6-9(11)7-2-4-8(12)5-3-7/h2-5,9H,6H2,1H3/t9-,11+/m0/s1. The zero-order valence-corrected chi connectivity index (χ0v) is 9.81. The smallest absolute Gasteiger partial charge is 0.385 e. The molecule has 90 valence electrons. The lowest BCUT2D eigenvalue weighted by molar-refractivity contribution is -0.526. The molecule has 1 aliphatic carbocycles. The number of rotatable bonds is 3. The third kappa shape index (κ3) is 1.76. The highest BCUT2D eigenvalue weighted by atomic mass is 35.5. The van der Waals surface area contributed by atoms with Crippen LogP contribution in [0, 0.1) is 10.1 Å². The van der Waals surface area contributed by atoms with Crippen molar-refractivity contribution in [3.63, 3.8) is 0 Å². The summed E-state index contributed by atoms with van der Waals surface area (Å²) in [5.41, 5.74) is -0.876. The topological polar surface area (TPSA) is 69.4 Å². The maximum atomic E-state index is 11.5. The van der Waals surface area contributed by atoms with Gasteiger partial charge in [0, 0.05) is 16.4 Å². The van der Waals surface area contributed by atoms with Gasteiger partial charge in [-0.15, -0.1) is 0 Å². The molecule has 0 saturated heterocycles. The van der Waals surface area contributed by atoms with Gasteiger partial charge in [0.15, 0.2) is 0 Å². The fourth-order valence-electron chi connectivity index (χ4n) is 2.02. The van der Waals surface area contributed by atoms with Gasteiger partial charge in [0.2, 0.25) is 0 Å². The second kappa shape index (κ2) is 4.00. The summed E-state index contributed by atoms with van der Waals surface area (Å²) < 4.78 is 4.51. The molecule has 0 bridgehead atoms. The molecule has 0 aliphatic heterocycles. The Bertz CT molecular complexity index is 473. The van der Waals surface area contributed by atoms with Crippen molar-refractivity contribution < 1.29 is 14.5 Å². The van der Waals surface area contributed by atoms with Crippen LogP contribution in [0.25, 0.3) is 0 Å². The van der Waals surface area contributed by atoms with Gasteiger partial charge in [-0.1, -0.05) is 23.7 Å². The minimum absolute atomic E-state index is 0.175. The van der Waals surface area contributed by atoms with E-state index in [-0.39, 0.29) is 6.42 Å². The molecular formula is C11H10ClNO4. The first kappa shape index (κ1) is 11.9. The number of ether oxygens (including phenoxy) is 1. The first-order valence-corrected chi connectivity index (χ1v) is 5.38. The summed E-state index contributed by atoms with van der Waals surface area (Å²) in [5, 5.41) is 11.6. The number of esters is 1. The van der Waals surface area contributed by atoms with Gasteiger partial charge in [-0.3, -0.25) is 10.1 Å². The third-order valence-electron chi connectivity index (χ3n) is 3.07. The van der Waals surface area contributed by atoms with Crippen LogP contribution in [-0.4, -0.2) is 23.5 Å². The third-order valence-corrected chi connectivity index (χ3v) is 3.32. The molecule has 1 aliphatic rings. The van der Waals surface area contributed by atoms with E-state index in [2.05, 4.69) is 4.74 Å². The molecule has 0 radical (unpaired) electrons. The van der Waals surface area contributed by atoms with E-state index < -0.39 is 22.3 Å². The van der Waals surface area contributed by atoms with Crippen LogP contribution < -0.4 is 0 Å². The van der Waals surface area contributed by atoms with Crippen molar-refractivity contribution in [2.75, 3.05) is 7.11 Å². The van der Waals surface area contributed by atoms with Crippen molar-refractivity contribution in [3.05, 3.63) is 45.0 Å². The van der Waals surface area contributed by atoms with Gasteiger partial charge in [-0.2, -0.15) is 0 Å². The maximum absolute atomic E-state index is 11.5. The number of hydrogen-bond donors (Lipinski definition) is 0. The molecular weight excluding hydrogens is 246 g/mol. The number of nitro groups is 1. The Kier molecular flexibility index (Phi) is 2.79. The van der Waals surface area contributed by atoms with Gasteiger partial charge < -0.3 is 4.74 Å². The quantitative estimate of drug-likeness (QED) is 0.471. The molecule has 1 fully saturated rings. The Morgan fingerprint density at radius 2 is 2.12 bits per heavy atom. The molecule has 2 rings (SSSR count). The molecule has 0 heterocycles.